The molecule has 0 saturated carbocycles. The molecule has 0 unspecified atom stereocenters. The van der Waals surface area contributed by atoms with Crippen LogP contribution in [0.5, 0.6) is 0 Å². The van der Waals surface area contributed by atoms with E-state index in [1.807, 2.05) is 11.4 Å². The molecule has 1 aliphatic carbocycles. The third-order valence-corrected chi connectivity index (χ3v) is 5.25. The summed E-state index contributed by atoms with van der Waals surface area (Å²) < 4.78 is 10.5. The molecule has 2 heterocycles. The molecule has 0 spiro atoms. The van der Waals surface area contributed by atoms with E-state index in [9.17, 15) is 9.59 Å². The molecule has 1 N–H and O–H groups in total. The van der Waals surface area contributed by atoms with Crippen molar-refractivity contribution in [2.45, 2.75) is 19.8 Å². The van der Waals surface area contributed by atoms with E-state index >= 15 is 0 Å². The smallest absolute Gasteiger partial charge is 0.340 e. The van der Waals surface area contributed by atoms with Crippen LogP contribution < -0.4 is 5.32 Å². The SMILES string of the molecule is CCOC(=O)c1ccccc1NC(=O)c1noc2c1CCc1sccc1-2. The number of amides is 1. The fourth-order valence-electron chi connectivity index (χ4n) is 3.07. The highest BCUT2D eigenvalue weighted by atomic mass is 32.1. The van der Waals surface area contributed by atoms with Gasteiger partial charge in [0.2, 0.25) is 0 Å². The lowest BCUT2D eigenvalue weighted by atomic mass is 9.95. The zero-order valence-electron chi connectivity index (χ0n) is 14.1. The quantitative estimate of drug-likeness (QED) is 0.706. The Kier molecular flexibility index (Phi) is 4.30. The molecule has 3 aromatic rings. The Labute approximate surface area is 153 Å². The molecule has 26 heavy (non-hydrogen) atoms. The Bertz CT molecular complexity index is 989. The van der Waals surface area contributed by atoms with Gasteiger partial charge in [0.05, 0.1) is 17.9 Å². The lowest BCUT2D eigenvalue weighted by Crippen LogP contribution is -2.18. The van der Waals surface area contributed by atoms with Gasteiger partial charge >= 0.3 is 5.97 Å². The van der Waals surface area contributed by atoms with Crippen molar-refractivity contribution < 1.29 is 18.8 Å². The molecule has 1 aliphatic rings. The van der Waals surface area contributed by atoms with Crippen molar-refractivity contribution in [3.63, 3.8) is 0 Å². The van der Waals surface area contributed by atoms with Crippen LogP contribution in [0.25, 0.3) is 11.3 Å². The third kappa shape index (κ3) is 2.80. The van der Waals surface area contributed by atoms with Crippen LogP contribution in [0.15, 0.2) is 40.2 Å². The van der Waals surface area contributed by atoms with Crippen LogP contribution in [0, 0.1) is 0 Å². The molecule has 0 aliphatic heterocycles. The summed E-state index contributed by atoms with van der Waals surface area (Å²) in [6, 6.07) is 8.73. The number of esters is 1. The average Bonchev–Trinajstić information content (AvgIpc) is 3.28. The van der Waals surface area contributed by atoms with Gasteiger partial charge in [-0.25, -0.2) is 4.79 Å². The Balaban J connectivity index is 1.63. The van der Waals surface area contributed by atoms with Gasteiger partial charge in [0.25, 0.3) is 5.91 Å². The number of thiophene rings is 1. The molecule has 1 aromatic carbocycles. The number of fused-ring (bicyclic) bond motifs is 3. The van der Waals surface area contributed by atoms with Gasteiger partial charge in [-0.3, -0.25) is 4.79 Å². The van der Waals surface area contributed by atoms with Gasteiger partial charge in [-0.05, 0) is 43.3 Å². The molecule has 132 valence electrons. The predicted molar refractivity (Wildman–Crippen MR) is 97.6 cm³/mol. The zero-order valence-corrected chi connectivity index (χ0v) is 14.9. The Morgan fingerprint density at radius 1 is 1.27 bits per heavy atom. The second-order valence-corrected chi connectivity index (χ2v) is 6.82. The fourth-order valence-corrected chi connectivity index (χ4v) is 3.94. The van der Waals surface area contributed by atoms with Crippen LogP contribution in [-0.4, -0.2) is 23.6 Å². The van der Waals surface area contributed by atoms with E-state index < -0.39 is 11.9 Å². The highest BCUT2D eigenvalue weighted by molar-refractivity contribution is 7.10. The highest BCUT2D eigenvalue weighted by Gasteiger charge is 2.28. The van der Waals surface area contributed by atoms with Crippen molar-refractivity contribution in [2.75, 3.05) is 11.9 Å². The van der Waals surface area contributed by atoms with E-state index in [0.717, 1.165) is 17.5 Å². The first-order valence-corrected chi connectivity index (χ1v) is 9.19. The Morgan fingerprint density at radius 2 is 2.12 bits per heavy atom. The fraction of sp³-hybridized carbons (Fsp3) is 0.211. The van der Waals surface area contributed by atoms with Gasteiger partial charge in [-0.2, -0.15) is 0 Å². The maximum atomic E-state index is 12.7. The lowest BCUT2D eigenvalue weighted by Gasteiger charge is -2.12. The van der Waals surface area contributed by atoms with Gasteiger partial charge in [-0.15, -0.1) is 11.3 Å². The van der Waals surface area contributed by atoms with E-state index in [-0.39, 0.29) is 12.3 Å². The molecule has 0 fully saturated rings. The maximum Gasteiger partial charge on any atom is 0.340 e. The van der Waals surface area contributed by atoms with Crippen molar-refractivity contribution in [2.24, 2.45) is 0 Å². The van der Waals surface area contributed by atoms with Crippen molar-refractivity contribution >= 4 is 28.9 Å². The molecule has 2 aromatic heterocycles. The van der Waals surface area contributed by atoms with Crippen molar-refractivity contribution in [3.8, 4) is 11.3 Å². The summed E-state index contributed by atoms with van der Waals surface area (Å²) in [5, 5.41) is 8.76. The molecular formula is C19H16N2O4S. The normalized spacial score (nSPS) is 12.2. The Morgan fingerprint density at radius 3 is 2.96 bits per heavy atom. The number of aromatic nitrogens is 1. The number of benzene rings is 1. The van der Waals surface area contributed by atoms with E-state index in [0.29, 0.717) is 23.4 Å². The van der Waals surface area contributed by atoms with Crippen LogP contribution in [0.1, 0.15) is 38.2 Å². The van der Waals surface area contributed by atoms with Gasteiger partial charge in [0.15, 0.2) is 11.5 Å². The minimum atomic E-state index is -0.478. The zero-order chi connectivity index (χ0) is 18.1. The summed E-state index contributed by atoms with van der Waals surface area (Å²) in [4.78, 5) is 26.1. The summed E-state index contributed by atoms with van der Waals surface area (Å²) >= 11 is 1.68. The van der Waals surface area contributed by atoms with Crippen LogP contribution in [0.3, 0.4) is 0 Å². The van der Waals surface area contributed by atoms with Gasteiger partial charge in [0, 0.05) is 16.0 Å². The number of hydrogen-bond acceptors (Lipinski definition) is 6. The van der Waals surface area contributed by atoms with E-state index in [1.165, 1.54) is 4.88 Å². The molecule has 1 amide bonds. The standard InChI is InChI=1S/C19H16N2O4S/c1-2-24-19(23)11-5-3-4-6-14(11)20-18(22)16-13-7-8-15-12(9-10-26-15)17(13)25-21-16/h3-6,9-10H,2,7-8H2,1H3,(H,20,22). The number of nitrogens with zero attached hydrogens (tertiary/aromatic N) is 1. The summed E-state index contributed by atoms with van der Waals surface area (Å²) in [6.45, 7) is 2.00. The molecule has 0 bridgehead atoms. The van der Waals surface area contributed by atoms with Crippen LogP contribution >= 0.6 is 11.3 Å². The number of ether oxygens (including phenoxy) is 1. The first-order chi connectivity index (χ1) is 12.7. The predicted octanol–water partition coefficient (Wildman–Crippen LogP) is 3.93. The lowest BCUT2D eigenvalue weighted by molar-refractivity contribution is 0.0527. The van der Waals surface area contributed by atoms with Crippen molar-refractivity contribution in [3.05, 3.63) is 57.4 Å². The number of carbonyl (C=O) groups excluding carboxylic acids is 2. The summed E-state index contributed by atoms with van der Waals surface area (Å²) in [5.74, 6) is -0.213. The average molecular weight is 368 g/mol. The van der Waals surface area contributed by atoms with Crippen LogP contribution in [-0.2, 0) is 17.6 Å². The topological polar surface area (TPSA) is 81.4 Å². The number of nitrogens with one attached hydrogen (secondary N) is 1. The number of carbonyl (C=O) groups is 2. The molecule has 7 heteroatoms. The minimum Gasteiger partial charge on any atom is -0.462 e. The number of hydrogen-bond donors (Lipinski definition) is 1. The number of para-hydroxylation sites is 1. The van der Waals surface area contributed by atoms with Gasteiger partial charge in [-0.1, -0.05) is 17.3 Å². The highest BCUT2D eigenvalue weighted by Crippen LogP contribution is 2.38. The largest absolute Gasteiger partial charge is 0.462 e. The second-order valence-electron chi connectivity index (χ2n) is 5.82. The first-order valence-electron chi connectivity index (χ1n) is 8.31. The molecule has 0 radical (unpaired) electrons. The number of anilines is 1. The van der Waals surface area contributed by atoms with E-state index in [1.54, 1.807) is 42.5 Å². The molecular weight excluding hydrogens is 352 g/mol. The van der Waals surface area contributed by atoms with Gasteiger partial charge < -0.3 is 14.6 Å². The minimum absolute atomic E-state index is 0.260. The molecule has 0 saturated heterocycles. The third-order valence-electron chi connectivity index (χ3n) is 4.27. The van der Waals surface area contributed by atoms with Crippen molar-refractivity contribution in [1.29, 1.82) is 0 Å². The van der Waals surface area contributed by atoms with Crippen LogP contribution in [0.2, 0.25) is 0 Å². The number of rotatable bonds is 4. The number of aryl methyl sites for hydroxylation is 1. The molecule has 4 rings (SSSR count). The maximum absolute atomic E-state index is 12.7. The first kappa shape index (κ1) is 16.5. The monoisotopic (exact) mass is 368 g/mol. The summed E-state index contributed by atoms with van der Waals surface area (Å²) in [7, 11) is 0. The summed E-state index contributed by atoms with van der Waals surface area (Å²) in [5.41, 5.74) is 2.77. The van der Waals surface area contributed by atoms with E-state index in [4.69, 9.17) is 9.26 Å². The van der Waals surface area contributed by atoms with Crippen LogP contribution in [0.4, 0.5) is 5.69 Å². The van der Waals surface area contributed by atoms with Gasteiger partial charge in [0.1, 0.15) is 0 Å². The van der Waals surface area contributed by atoms with E-state index in [2.05, 4.69) is 10.5 Å². The molecule has 6 nitrogen and oxygen atoms in total. The Hall–Kier alpha value is -2.93. The second kappa shape index (κ2) is 6.76. The molecule has 0 atom stereocenters. The summed E-state index contributed by atoms with van der Waals surface area (Å²) in [6.07, 6.45) is 1.57. The van der Waals surface area contributed by atoms with Crippen molar-refractivity contribution in [1.82, 2.24) is 5.16 Å².